The van der Waals surface area contributed by atoms with Crippen LogP contribution in [0.25, 0.3) is 67.0 Å². The third kappa shape index (κ3) is 4.33. The van der Waals surface area contributed by atoms with E-state index in [1.165, 1.54) is 90.3 Å². The Hall–Kier alpha value is -5.74. The molecule has 0 aliphatic heterocycles. The number of para-hydroxylation sites is 2. The highest BCUT2D eigenvalue weighted by atomic mass is 15.1. The summed E-state index contributed by atoms with van der Waals surface area (Å²) in [6.07, 6.45) is 23.5. The Morgan fingerprint density at radius 1 is 0.769 bits per heavy atom. The number of benzene rings is 4. The molecule has 2 unspecified atom stereocenters. The summed E-state index contributed by atoms with van der Waals surface area (Å²) in [7, 11) is 0. The van der Waals surface area contributed by atoms with Gasteiger partial charge in [-0.25, -0.2) is 9.97 Å². The molecule has 252 valence electrons. The Balaban J connectivity index is 1.33. The van der Waals surface area contributed by atoms with Gasteiger partial charge in [-0.1, -0.05) is 104 Å². The predicted octanol–water partition coefficient (Wildman–Crippen LogP) is 12.2. The van der Waals surface area contributed by atoms with Crippen molar-refractivity contribution in [2.45, 2.75) is 63.7 Å². The Morgan fingerprint density at radius 3 is 2.50 bits per heavy atom. The normalized spacial score (nSPS) is 19.0. The van der Waals surface area contributed by atoms with Crippen molar-refractivity contribution in [2.75, 3.05) is 0 Å². The molecule has 0 radical (unpaired) electrons. The highest BCUT2D eigenvalue weighted by Gasteiger charge is 2.35. The largest absolute Gasteiger partial charge is 0.309 e. The van der Waals surface area contributed by atoms with Gasteiger partial charge in [0.05, 0.1) is 27.9 Å². The summed E-state index contributed by atoms with van der Waals surface area (Å²) in [6.45, 7) is 2.41. The van der Waals surface area contributed by atoms with E-state index in [0.29, 0.717) is 5.92 Å². The van der Waals surface area contributed by atoms with E-state index in [1.54, 1.807) is 0 Å². The fourth-order valence-corrected chi connectivity index (χ4v) is 9.70. The number of rotatable bonds is 4. The van der Waals surface area contributed by atoms with Crippen molar-refractivity contribution in [1.82, 2.24) is 19.1 Å². The molecule has 3 aromatic heterocycles. The molecular weight excluding hydrogens is 633 g/mol. The van der Waals surface area contributed by atoms with Crippen molar-refractivity contribution in [3.05, 3.63) is 155 Å². The zero-order valence-electron chi connectivity index (χ0n) is 29.5. The van der Waals surface area contributed by atoms with Crippen molar-refractivity contribution >= 4 is 44.4 Å². The van der Waals surface area contributed by atoms with E-state index in [4.69, 9.17) is 9.97 Å². The van der Waals surface area contributed by atoms with Crippen LogP contribution < -0.4 is 0 Å². The van der Waals surface area contributed by atoms with Crippen LogP contribution in [0.1, 0.15) is 91.2 Å². The molecule has 0 N–H and O–H groups in total. The molecule has 52 heavy (non-hydrogen) atoms. The first-order chi connectivity index (χ1) is 25.7. The summed E-state index contributed by atoms with van der Waals surface area (Å²) in [5, 5.41) is 4.03. The third-order valence-corrected chi connectivity index (χ3v) is 12.0. The number of aromatic nitrogens is 4. The van der Waals surface area contributed by atoms with Gasteiger partial charge >= 0.3 is 0 Å². The minimum absolute atomic E-state index is 0.226. The molecule has 0 fully saturated rings. The number of hydrogen-bond acceptors (Lipinski definition) is 2. The summed E-state index contributed by atoms with van der Waals surface area (Å²) in [6, 6.07) is 31.5. The molecule has 4 nitrogen and oxygen atoms in total. The highest BCUT2D eigenvalue weighted by molar-refractivity contribution is 6.27. The first-order valence-electron chi connectivity index (χ1n) is 19.1. The summed E-state index contributed by atoms with van der Waals surface area (Å²) in [5.74, 6) is 2.48. The molecule has 3 heterocycles. The van der Waals surface area contributed by atoms with Crippen LogP contribution >= 0.6 is 0 Å². The number of allylic oxidation sites excluding steroid dienone is 7. The van der Waals surface area contributed by atoms with E-state index in [1.807, 2.05) is 0 Å². The van der Waals surface area contributed by atoms with E-state index in [0.717, 1.165) is 49.4 Å². The molecule has 7 aromatic rings. The SMILES string of the molecule is CC1CC=Cc2c1c1c3c4ccccc4n(-c4cc(C5C=CC=CC5)nc(C5=CCCCC5)n4)c3c3c(c1n2-c1ccccc1)-c1ccccc1C3. The quantitative estimate of drug-likeness (QED) is 0.187. The minimum atomic E-state index is 0.226. The van der Waals surface area contributed by atoms with Gasteiger partial charge < -0.3 is 4.57 Å². The first kappa shape index (κ1) is 29.9. The fourth-order valence-electron chi connectivity index (χ4n) is 9.70. The van der Waals surface area contributed by atoms with Gasteiger partial charge in [0, 0.05) is 45.8 Å². The van der Waals surface area contributed by atoms with Gasteiger partial charge in [-0.05, 0) is 96.5 Å². The lowest BCUT2D eigenvalue weighted by molar-refractivity contribution is 0.731. The van der Waals surface area contributed by atoms with Crippen molar-refractivity contribution in [3.63, 3.8) is 0 Å². The molecule has 0 amide bonds. The zero-order chi connectivity index (χ0) is 34.3. The van der Waals surface area contributed by atoms with Gasteiger partial charge in [0.25, 0.3) is 0 Å². The van der Waals surface area contributed by atoms with Gasteiger partial charge in [-0.2, -0.15) is 0 Å². The number of hydrogen-bond donors (Lipinski definition) is 0. The van der Waals surface area contributed by atoms with Crippen molar-refractivity contribution in [3.8, 4) is 22.6 Å². The van der Waals surface area contributed by atoms with Crippen LogP contribution in [-0.4, -0.2) is 19.1 Å². The van der Waals surface area contributed by atoms with Crippen molar-refractivity contribution in [2.24, 2.45) is 0 Å². The predicted molar refractivity (Wildman–Crippen MR) is 216 cm³/mol. The van der Waals surface area contributed by atoms with Gasteiger partial charge in [-0.15, -0.1) is 0 Å². The van der Waals surface area contributed by atoms with Crippen LogP contribution in [0.5, 0.6) is 0 Å². The van der Waals surface area contributed by atoms with Crippen molar-refractivity contribution < 1.29 is 0 Å². The molecule has 4 heteroatoms. The third-order valence-electron chi connectivity index (χ3n) is 12.0. The van der Waals surface area contributed by atoms with Crippen molar-refractivity contribution in [1.29, 1.82) is 0 Å². The van der Waals surface area contributed by atoms with E-state index < -0.39 is 0 Å². The second-order valence-corrected chi connectivity index (χ2v) is 15.1. The second kappa shape index (κ2) is 11.6. The van der Waals surface area contributed by atoms with Gasteiger partial charge in [0.2, 0.25) is 0 Å². The first-order valence-corrected chi connectivity index (χ1v) is 19.1. The Morgan fingerprint density at radius 2 is 1.63 bits per heavy atom. The lowest BCUT2D eigenvalue weighted by Crippen LogP contribution is -2.10. The second-order valence-electron chi connectivity index (χ2n) is 15.1. The maximum atomic E-state index is 5.53. The molecule has 0 saturated carbocycles. The molecular formula is C48H40N4. The minimum Gasteiger partial charge on any atom is -0.309 e. The van der Waals surface area contributed by atoms with Gasteiger partial charge in [0.15, 0.2) is 5.82 Å². The number of fused-ring (bicyclic) bond motifs is 12. The van der Waals surface area contributed by atoms with Gasteiger partial charge in [0.1, 0.15) is 5.82 Å². The van der Waals surface area contributed by atoms with Crippen LogP contribution in [0.3, 0.4) is 0 Å². The van der Waals surface area contributed by atoms with Gasteiger partial charge in [-0.3, -0.25) is 4.57 Å². The lowest BCUT2D eigenvalue weighted by Gasteiger charge is -2.19. The Bertz CT molecular complexity index is 2730. The maximum absolute atomic E-state index is 5.53. The monoisotopic (exact) mass is 672 g/mol. The van der Waals surface area contributed by atoms with Crippen LogP contribution in [0.4, 0.5) is 0 Å². The van der Waals surface area contributed by atoms with E-state index in [-0.39, 0.29) is 5.92 Å². The topological polar surface area (TPSA) is 35.6 Å². The van der Waals surface area contributed by atoms with Crippen LogP contribution in [0.15, 0.2) is 121 Å². The van der Waals surface area contributed by atoms with E-state index in [2.05, 4.69) is 144 Å². The Kier molecular flexibility index (Phi) is 6.70. The highest BCUT2D eigenvalue weighted by Crippen LogP contribution is 2.54. The fraction of sp³-hybridized carbons (Fsp3) is 0.208. The molecule has 4 aliphatic rings. The molecule has 0 spiro atoms. The molecule has 4 aromatic carbocycles. The zero-order valence-corrected chi connectivity index (χ0v) is 29.5. The average Bonchev–Trinajstić information content (AvgIpc) is 3.87. The molecule has 11 rings (SSSR count). The number of nitrogens with zero attached hydrogens (tertiary/aromatic N) is 4. The summed E-state index contributed by atoms with van der Waals surface area (Å²) in [4.78, 5) is 10.9. The molecule has 0 saturated heterocycles. The van der Waals surface area contributed by atoms with Crippen LogP contribution in [0.2, 0.25) is 0 Å². The smallest absolute Gasteiger partial charge is 0.157 e. The standard InChI is InChI=1S/C48H40N4/c1-30-16-15-27-40-42(30)45-44-36-25-13-14-26-39(36)52(41-29-38(31-17-5-2-6-18-31)49-48(50-41)32-19-7-3-8-20-32)46(44)37-28-33-21-11-12-24-35(33)43(37)47(45)51(40)34-22-9-4-10-23-34/h2,4-6,9-15,17,19,21-27,29-31H,3,7-8,16,18,20,28H2,1H3. The van der Waals surface area contributed by atoms with E-state index >= 15 is 0 Å². The molecule has 0 bridgehead atoms. The average molecular weight is 673 g/mol. The maximum Gasteiger partial charge on any atom is 0.157 e. The van der Waals surface area contributed by atoms with Crippen LogP contribution in [-0.2, 0) is 6.42 Å². The van der Waals surface area contributed by atoms with E-state index in [9.17, 15) is 0 Å². The molecule has 2 atom stereocenters. The summed E-state index contributed by atoms with van der Waals surface area (Å²) < 4.78 is 5.09. The Labute approximate surface area is 304 Å². The van der Waals surface area contributed by atoms with Crippen LogP contribution in [0, 0.1) is 0 Å². The summed E-state index contributed by atoms with van der Waals surface area (Å²) >= 11 is 0. The lowest BCUT2D eigenvalue weighted by atomic mass is 9.87. The summed E-state index contributed by atoms with van der Waals surface area (Å²) in [5.41, 5.74) is 15.7. The molecule has 4 aliphatic carbocycles.